The van der Waals surface area contributed by atoms with E-state index in [2.05, 4.69) is 10.4 Å². The lowest BCUT2D eigenvalue weighted by Crippen LogP contribution is -2.36. The van der Waals surface area contributed by atoms with Crippen molar-refractivity contribution in [3.05, 3.63) is 59.6 Å². The molecule has 1 heterocycles. The summed E-state index contributed by atoms with van der Waals surface area (Å²) in [4.78, 5) is 24.3. The van der Waals surface area contributed by atoms with E-state index in [4.69, 9.17) is 11.6 Å². The van der Waals surface area contributed by atoms with Gasteiger partial charge in [0.25, 0.3) is 11.8 Å². The second kappa shape index (κ2) is 6.85. The molecule has 2 aromatic rings. The van der Waals surface area contributed by atoms with E-state index in [0.717, 1.165) is 11.8 Å². The first-order valence-corrected chi connectivity index (χ1v) is 8.16. The van der Waals surface area contributed by atoms with Gasteiger partial charge in [0, 0.05) is 10.7 Å². The van der Waals surface area contributed by atoms with Gasteiger partial charge in [0.05, 0.1) is 11.4 Å². The first-order chi connectivity index (χ1) is 11.1. The van der Waals surface area contributed by atoms with Gasteiger partial charge in [0.1, 0.15) is 0 Å². The van der Waals surface area contributed by atoms with Crippen molar-refractivity contribution >= 4 is 51.6 Å². The molecule has 5 nitrogen and oxygen atoms in total. The van der Waals surface area contributed by atoms with Crippen LogP contribution >= 0.6 is 23.4 Å². The van der Waals surface area contributed by atoms with Crippen molar-refractivity contribution in [3.8, 4) is 0 Å². The van der Waals surface area contributed by atoms with Gasteiger partial charge in [-0.3, -0.25) is 9.59 Å². The Bertz CT molecular complexity index is 763. The van der Waals surface area contributed by atoms with E-state index in [1.807, 2.05) is 18.2 Å². The molecular weight excluding hydrogens is 334 g/mol. The average Bonchev–Trinajstić information content (AvgIpc) is 2.57. The largest absolute Gasteiger partial charge is 0.320 e. The number of hydrazone groups is 1. The fraction of sp³-hybridized carbons (Fsp3) is 0.0625. The van der Waals surface area contributed by atoms with Gasteiger partial charge in [-0.25, -0.2) is 0 Å². The van der Waals surface area contributed by atoms with E-state index in [1.165, 1.54) is 5.01 Å². The summed E-state index contributed by atoms with van der Waals surface area (Å²) in [5.41, 5.74) is 1.25. The Morgan fingerprint density at radius 2 is 1.83 bits per heavy atom. The number of halogens is 1. The molecule has 1 aliphatic heterocycles. The third-order valence-electron chi connectivity index (χ3n) is 3.06. The van der Waals surface area contributed by atoms with Crippen molar-refractivity contribution in [1.29, 1.82) is 0 Å². The highest BCUT2D eigenvalue weighted by Gasteiger charge is 2.26. The number of benzene rings is 2. The molecular formula is C16H12ClN3O2S. The number of hydrogen-bond acceptors (Lipinski definition) is 4. The molecule has 0 saturated heterocycles. The highest BCUT2D eigenvalue weighted by molar-refractivity contribution is 8.16. The summed E-state index contributed by atoms with van der Waals surface area (Å²) >= 11 is 6.97. The van der Waals surface area contributed by atoms with Crippen LogP contribution in [0.4, 0.5) is 11.4 Å². The molecule has 0 spiro atoms. The number of nitrogens with one attached hydrogen (secondary N) is 1. The molecule has 116 valence electrons. The fourth-order valence-electron chi connectivity index (χ4n) is 1.97. The molecule has 0 unspecified atom stereocenters. The molecule has 7 heteroatoms. The van der Waals surface area contributed by atoms with Gasteiger partial charge in [-0.15, -0.1) is 0 Å². The number of amides is 2. The van der Waals surface area contributed by atoms with Gasteiger partial charge >= 0.3 is 0 Å². The van der Waals surface area contributed by atoms with Gasteiger partial charge in [-0.1, -0.05) is 41.6 Å². The van der Waals surface area contributed by atoms with Crippen LogP contribution in [0.1, 0.15) is 0 Å². The van der Waals surface area contributed by atoms with Crippen LogP contribution in [0.3, 0.4) is 0 Å². The molecule has 0 saturated carbocycles. The van der Waals surface area contributed by atoms with Gasteiger partial charge < -0.3 is 5.32 Å². The molecule has 0 aromatic heterocycles. The molecule has 3 rings (SSSR count). The van der Waals surface area contributed by atoms with Gasteiger partial charge in [-0.2, -0.15) is 10.1 Å². The van der Waals surface area contributed by atoms with Crippen LogP contribution in [0.15, 0.2) is 59.7 Å². The Labute approximate surface area is 142 Å². The second-order valence-corrected chi connectivity index (χ2v) is 6.10. The number of carbonyl (C=O) groups excluding carboxylic acids is 2. The highest BCUT2D eigenvalue weighted by Crippen LogP contribution is 2.24. The SMILES string of the molecule is O=C(Nc1ccccc1)C1=NN(c2ccc(Cl)cc2)C(=O)CS1. The first-order valence-electron chi connectivity index (χ1n) is 6.80. The highest BCUT2D eigenvalue weighted by atomic mass is 35.5. The summed E-state index contributed by atoms with van der Waals surface area (Å²) in [5.74, 6) is -0.370. The monoisotopic (exact) mass is 345 g/mol. The zero-order chi connectivity index (χ0) is 16.2. The van der Waals surface area contributed by atoms with Crippen LogP contribution in [0.2, 0.25) is 5.02 Å². The Hall–Kier alpha value is -2.31. The number of hydrogen-bond donors (Lipinski definition) is 1. The summed E-state index contributed by atoms with van der Waals surface area (Å²) in [6, 6.07) is 15.8. The van der Waals surface area contributed by atoms with Crippen LogP contribution in [0, 0.1) is 0 Å². The quantitative estimate of drug-likeness (QED) is 0.927. The minimum Gasteiger partial charge on any atom is -0.320 e. The minimum atomic E-state index is -0.340. The standard InChI is InChI=1S/C16H12ClN3O2S/c17-11-6-8-13(9-7-11)20-14(21)10-23-16(19-20)15(22)18-12-4-2-1-3-5-12/h1-9H,10H2,(H,18,22). The fourth-order valence-corrected chi connectivity index (χ4v) is 2.80. The predicted molar refractivity (Wildman–Crippen MR) is 93.9 cm³/mol. The molecule has 0 fully saturated rings. The maximum Gasteiger partial charge on any atom is 0.282 e. The number of carbonyl (C=O) groups is 2. The number of anilines is 2. The maximum atomic E-state index is 12.3. The Morgan fingerprint density at radius 1 is 1.13 bits per heavy atom. The van der Waals surface area contributed by atoms with Crippen LogP contribution in [0.5, 0.6) is 0 Å². The van der Waals surface area contributed by atoms with Crippen LogP contribution < -0.4 is 10.3 Å². The van der Waals surface area contributed by atoms with Crippen LogP contribution in [-0.2, 0) is 9.59 Å². The van der Waals surface area contributed by atoms with E-state index < -0.39 is 0 Å². The molecule has 0 aliphatic carbocycles. The van der Waals surface area contributed by atoms with Crippen molar-refractivity contribution < 1.29 is 9.59 Å². The van der Waals surface area contributed by atoms with Crippen LogP contribution in [-0.4, -0.2) is 22.6 Å². The molecule has 0 radical (unpaired) electrons. The Morgan fingerprint density at radius 3 is 2.52 bits per heavy atom. The lowest BCUT2D eigenvalue weighted by molar-refractivity contribution is -0.116. The normalized spacial score (nSPS) is 14.4. The van der Waals surface area contributed by atoms with E-state index in [-0.39, 0.29) is 22.6 Å². The van der Waals surface area contributed by atoms with Crippen molar-refractivity contribution in [2.75, 3.05) is 16.1 Å². The topological polar surface area (TPSA) is 61.8 Å². The van der Waals surface area contributed by atoms with Crippen LogP contribution in [0.25, 0.3) is 0 Å². The smallest absolute Gasteiger partial charge is 0.282 e. The van der Waals surface area contributed by atoms with Crippen molar-refractivity contribution in [3.63, 3.8) is 0 Å². The molecule has 0 atom stereocenters. The van der Waals surface area contributed by atoms with Gasteiger partial charge in [0.15, 0.2) is 5.04 Å². The summed E-state index contributed by atoms with van der Waals surface area (Å²) < 4.78 is 0. The molecule has 1 aliphatic rings. The van der Waals surface area contributed by atoms with E-state index in [9.17, 15) is 9.59 Å². The Kier molecular flexibility index (Phi) is 4.64. The molecule has 1 N–H and O–H groups in total. The van der Waals surface area contributed by atoms with E-state index >= 15 is 0 Å². The second-order valence-electron chi connectivity index (χ2n) is 4.70. The zero-order valence-electron chi connectivity index (χ0n) is 11.9. The summed E-state index contributed by atoms with van der Waals surface area (Å²) in [5, 5.41) is 8.96. The zero-order valence-corrected chi connectivity index (χ0v) is 13.5. The summed E-state index contributed by atoms with van der Waals surface area (Å²) in [6.45, 7) is 0. The average molecular weight is 346 g/mol. The third-order valence-corrected chi connectivity index (χ3v) is 4.24. The summed E-state index contributed by atoms with van der Waals surface area (Å²) in [6.07, 6.45) is 0. The van der Waals surface area contributed by atoms with E-state index in [1.54, 1.807) is 36.4 Å². The third kappa shape index (κ3) is 3.72. The lowest BCUT2D eigenvalue weighted by Gasteiger charge is -2.22. The van der Waals surface area contributed by atoms with E-state index in [0.29, 0.717) is 16.4 Å². The molecule has 23 heavy (non-hydrogen) atoms. The number of thioether (sulfide) groups is 1. The number of nitrogens with zero attached hydrogens (tertiary/aromatic N) is 2. The number of para-hydroxylation sites is 1. The van der Waals surface area contributed by atoms with Crippen molar-refractivity contribution in [2.24, 2.45) is 5.10 Å². The Balaban J connectivity index is 1.82. The lowest BCUT2D eigenvalue weighted by atomic mass is 10.3. The van der Waals surface area contributed by atoms with Gasteiger partial charge in [0.2, 0.25) is 0 Å². The summed E-state index contributed by atoms with van der Waals surface area (Å²) in [7, 11) is 0. The van der Waals surface area contributed by atoms with Crippen molar-refractivity contribution in [1.82, 2.24) is 0 Å². The van der Waals surface area contributed by atoms with Crippen molar-refractivity contribution in [2.45, 2.75) is 0 Å². The molecule has 2 aromatic carbocycles. The molecule has 0 bridgehead atoms. The minimum absolute atomic E-state index is 0.156. The molecule has 2 amide bonds. The maximum absolute atomic E-state index is 12.3. The first kappa shape index (κ1) is 15.6. The predicted octanol–water partition coefficient (Wildman–Crippen LogP) is 3.37. The van der Waals surface area contributed by atoms with Gasteiger partial charge in [-0.05, 0) is 36.4 Å². The number of rotatable bonds is 3.